The van der Waals surface area contributed by atoms with E-state index in [2.05, 4.69) is 15.0 Å². The molecule has 9 heteroatoms. The Hall–Kier alpha value is -2.44. The molecule has 2 aromatic heterocycles. The van der Waals surface area contributed by atoms with Crippen LogP contribution in [0.25, 0.3) is 16.1 Å². The molecule has 0 bridgehead atoms. The number of nitrogens with zero attached hydrogens (tertiary/aromatic N) is 5. The standard InChI is InChI=1S/C16H20ClN5O3/c1-15(2,3)25-14(23)16(4,5)24-12-6-10(17)8-22-9-11(7-19-21-18)20-13(12)22/h6,8-9H,7H2,1-5H3. The molecule has 0 radical (unpaired) electrons. The second-order valence-corrected chi connectivity index (χ2v) is 7.43. The summed E-state index contributed by atoms with van der Waals surface area (Å²) < 4.78 is 12.9. The minimum Gasteiger partial charge on any atom is -0.472 e. The van der Waals surface area contributed by atoms with Gasteiger partial charge in [-0.1, -0.05) is 16.7 Å². The van der Waals surface area contributed by atoms with Crippen molar-refractivity contribution < 1.29 is 14.3 Å². The fraction of sp³-hybridized carbons (Fsp3) is 0.500. The van der Waals surface area contributed by atoms with Crippen molar-refractivity contribution in [2.24, 2.45) is 5.11 Å². The lowest BCUT2D eigenvalue weighted by Gasteiger charge is -2.29. The molecule has 0 fully saturated rings. The second-order valence-electron chi connectivity index (χ2n) is 6.99. The molecule has 0 spiro atoms. The van der Waals surface area contributed by atoms with E-state index in [0.29, 0.717) is 22.1 Å². The summed E-state index contributed by atoms with van der Waals surface area (Å²) in [5.41, 5.74) is 7.58. The van der Waals surface area contributed by atoms with Gasteiger partial charge in [0.1, 0.15) is 5.60 Å². The molecule has 0 aliphatic rings. The van der Waals surface area contributed by atoms with Crippen LogP contribution in [-0.4, -0.2) is 26.6 Å². The summed E-state index contributed by atoms with van der Waals surface area (Å²) in [5.74, 6) is -0.172. The number of ether oxygens (including phenoxy) is 2. The van der Waals surface area contributed by atoms with Crippen molar-refractivity contribution in [2.75, 3.05) is 0 Å². The van der Waals surface area contributed by atoms with Crippen LogP contribution in [0.2, 0.25) is 5.02 Å². The van der Waals surface area contributed by atoms with Crippen LogP contribution in [0.1, 0.15) is 40.3 Å². The van der Waals surface area contributed by atoms with Gasteiger partial charge in [-0.15, -0.1) is 0 Å². The molecule has 0 unspecified atom stereocenters. The summed E-state index contributed by atoms with van der Waals surface area (Å²) in [7, 11) is 0. The molecule has 2 rings (SSSR count). The van der Waals surface area contributed by atoms with Crippen LogP contribution in [0.15, 0.2) is 23.6 Å². The lowest BCUT2D eigenvalue weighted by molar-refractivity contribution is -0.170. The molecule has 0 saturated heterocycles. The largest absolute Gasteiger partial charge is 0.472 e. The zero-order valence-electron chi connectivity index (χ0n) is 14.8. The Bertz CT molecular complexity index is 847. The molecule has 0 aliphatic heterocycles. The summed E-state index contributed by atoms with van der Waals surface area (Å²) in [4.78, 5) is 19.5. The average molecular weight is 366 g/mol. The Balaban J connectivity index is 2.37. The van der Waals surface area contributed by atoms with Crippen LogP contribution < -0.4 is 4.74 Å². The lowest BCUT2D eigenvalue weighted by atomic mass is 10.1. The first-order chi connectivity index (χ1) is 11.5. The molecule has 0 saturated carbocycles. The van der Waals surface area contributed by atoms with Crippen LogP contribution in [0.3, 0.4) is 0 Å². The number of hydrogen-bond donors (Lipinski definition) is 0. The summed E-state index contributed by atoms with van der Waals surface area (Å²) in [6.45, 7) is 8.69. The maximum Gasteiger partial charge on any atom is 0.350 e. The molecule has 2 heterocycles. The van der Waals surface area contributed by atoms with Crippen LogP contribution in [0, 0.1) is 0 Å². The van der Waals surface area contributed by atoms with Crippen molar-refractivity contribution in [2.45, 2.75) is 52.4 Å². The van der Waals surface area contributed by atoms with Crippen LogP contribution in [0.5, 0.6) is 5.75 Å². The molecular weight excluding hydrogens is 346 g/mol. The zero-order valence-corrected chi connectivity index (χ0v) is 15.5. The van der Waals surface area contributed by atoms with Crippen molar-refractivity contribution in [3.05, 3.63) is 39.6 Å². The highest BCUT2D eigenvalue weighted by Crippen LogP contribution is 2.29. The predicted molar refractivity (Wildman–Crippen MR) is 93.6 cm³/mol. The monoisotopic (exact) mass is 365 g/mol. The summed E-state index contributed by atoms with van der Waals surface area (Å²) in [6, 6.07) is 1.58. The van der Waals surface area contributed by atoms with E-state index in [1.165, 1.54) is 0 Å². The first-order valence-corrected chi connectivity index (χ1v) is 8.00. The predicted octanol–water partition coefficient (Wildman–Crippen LogP) is 4.30. The van der Waals surface area contributed by atoms with Crippen LogP contribution in [0.4, 0.5) is 0 Å². The Morgan fingerprint density at radius 1 is 1.36 bits per heavy atom. The third-order valence-electron chi connectivity index (χ3n) is 3.09. The molecule has 0 N–H and O–H groups in total. The molecule has 0 amide bonds. The van der Waals surface area contributed by atoms with E-state index >= 15 is 0 Å². The molecule has 0 atom stereocenters. The zero-order chi connectivity index (χ0) is 18.8. The third kappa shape index (κ3) is 4.78. The highest BCUT2D eigenvalue weighted by atomic mass is 35.5. The lowest BCUT2D eigenvalue weighted by Crippen LogP contribution is -2.43. The number of esters is 1. The quantitative estimate of drug-likeness (QED) is 0.341. The van der Waals surface area contributed by atoms with Gasteiger partial charge in [0.15, 0.2) is 17.0 Å². The van der Waals surface area contributed by atoms with E-state index in [1.54, 1.807) is 57.5 Å². The second kappa shape index (κ2) is 6.82. The SMILES string of the molecule is CC(C)(C)OC(=O)C(C)(C)Oc1cc(Cl)cn2cc(CN=[N+]=[N-])nc12. The molecule has 8 nitrogen and oxygen atoms in total. The van der Waals surface area contributed by atoms with Gasteiger partial charge >= 0.3 is 5.97 Å². The number of pyridine rings is 1. The van der Waals surface area contributed by atoms with Crippen molar-refractivity contribution in [1.82, 2.24) is 9.38 Å². The number of carbonyl (C=O) groups is 1. The molecule has 0 aromatic carbocycles. The molecule has 25 heavy (non-hydrogen) atoms. The number of halogens is 1. The van der Waals surface area contributed by atoms with Gasteiger partial charge in [0, 0.05) is 23.4 Å². The molecular formula is C16H20ClN5O3. The van der Waals surface area contributed by atoms with Crippen molar-refractivity contribution >= 4 is 23.2 Å². The van der Waals surface area contributed by atoms with Gasteiger partial charge in [0.05, 0.1) is 17.3 Å². The average Bonchev–Trinajstić information content (AvgIpc) is 2.85. The van der Waals surface area contributed by atoms with E-state index < -0.39 is 17.2 Å². The minimum atomic E-state index is -1.24. The minimum absolute atomic E-state index is 0.102. The highest BCUT2D eigenvalue weighted by Gasteiger charge is 2.35. The molecule has 2 aromatic rings. The van der Waals surface area contributed by atoms with Crippen LogP contribution >= 0.6 is 11.6 Å². The van der Waals surface area contributed by atoms with Gasteiger partial charge < -0.3 is 13.9 Å². The number of hydrogen-bond acceptors (Lipinski definition) is 5. The summed E-state index contributed by atoms with van der Waals surface area (Å²) in [6.07, 6.45) is 3.33. The smallest absolute Gasteiger partial charge is 0.350 e. The summed E-state index contributed by atoms with van der Waals surface area (Å²) >= 11 is 6.13. The Kier molecular flexibility index (Phi) is 5.15. The Morgan fingerprint density at radius 3 is 2.64 bits per heavy atom. The fourth-order valence-electron chi connectivity index (χ4n) is 2.06. The first-order valence-electron chi connectivity index (χ1n) is 7.62. The van der Waals surface area contributed by atoms with Crippen molar-refractivity contribution in [1.29, 1.82) is 0 Å². The Labute approximate surface area is 150 Å². The van der Waals surface area contributed by atoms with E-state index in [-0.39, 0.29) is 6.54 Å². The molecule has 0 aliphatic carbocycles. The molecule has 134 valence electrons. The number of rotatable bonds is 5. The first kappa shape index (κ1) is 18.9. The van der Waals surface area contributed by atoms with Gasteiger partial charge in [-0.3, -0.25) is 0 Å². The van der Waals surface area contributed by atoms with Crippen LogP contribution in [-0.2, 0) is 16.1 Å². The highest BCUT2D eigenvalue weighted by molar-refractivity contribution is 6.30. The fourth-order valence-corrected chi connectivity index (χ4v) is 2.26. The number of azide groups is 1. The number of aromatic nitrogens is 2. The van der Waals surface area contributed by atoms with Gasteiger partial charge in [-0.25, -0.2) is 9.78 Å². The van der Waals surface area contributed by atoms with E-state index in [4.69, 9.17) is 26.6 Å². The van der Waals surface area contributed by atoms with Crippen molar-refractivity contribution in [3.63, 3.8) is 0 Å². The van der Waals surface area contributed by atoms with Gasteiger partial charge in [-0.2, -0.15) is 0 Å². The summed E-state index contributed by atoms with van der Waals surface area (Å²) in [5, 5.41) is 3.90. The number of carbonyl (C=O) groups excluding carboxylic acids is 1. The van der Waals surface area contributed by atoms with E-state index in [0.717, 1.165) is 0 Å². The Morgan fingerprint density at radius 2 is 2.04 bits per heavy atom. The number of fused-ring (bicyclic) bond motifs is 1. The van der Waals surface area contributed by atoms with Gasteiger partial charge in [-0.05, 0) is 40.1 Å². The third-order valence-corrected chi connectivity index (χ3v) is 3.29. The van der Waals surface area contributed by atoms with E-state index in [1.807, 2.05) is 0 Å². The number of imidazole rings is 1. The van der Waals surface area contributed by atoms with Gasteiger partial charge in [0.2, 0.25) is 0 Å². The maximum absolute atomic E-state index is 12.4. The maximum atomic E-state index is 12.4. The van der Waals surface area contributed by atoms with Gasteiger partial charge in [0.25, 0.3) is 0 Å². The van der Waals surface area contributed by atoms with Crippen molar-refractivity contribution in [3.8, 4) is 5.75 Å². The van der Waals surface area contributed by atoms with E-state index in [9.17, 15) is 4.79 Å². The topological polar surface area (TPSA) is 102 Å². The normalized spacial score (nSPS) is 11.9.